The molecular weight excluding hydrogens is 480 g/mol. The lowest BCUT2D eigenvalue weighted by atomic mass is 9.48. The van der Waals surface area contributed by atoms with Crippen LogP contribution in [0.4, 0.5) is 0 Å². The van der Waals surface area contributed by atoms with Crippen LogP contribution < -0.4 is 14.2 Å². The number of carbonyl (C=O) groups excluding carboxylic acids is 1. The van der Waals surface area contributed by atoms with E-state index in [0.29, 0.717) is 37.2 Å². The normalized spacial score (nSPS) is 32.5. The molecule has 1 saturated heterocycles. The summed E-state index contributed by atoms with van der Waals surface area (Å²) >= 11 is 0. The molecule has 2 N–H and O–H groups in total. The fourth-order valence-electron chi connectivity index (χ4n) is 7.35. The van der Waals surface area contributed by atoms with Crippen molar-refractivity contribution >= 4 is 16.0 Å². The summed E-state index contributed by atoms with van der Waals surface area (Å²) in [7, 11) is -1.65. The van der Waals surface area contributed by atoms with Gasteiger partial charge in [-0.15, -0.1) is 0 Å². The molecule has 0 unspecified atom stereocenters. The molecule has 6 rings (SSSR count). The van der Waals surface area contributed by atoms with Gasteiger partial charge in [0, 0.05) is 18.5 Å². The largest absolute Gasteiger partial charge is 0.483 e. The quantitative estimate of drug-likeness (QED) is 0.467. The second kappa shape index (κ2) is 8.02. The predicted octanol–water partition coefficient (Wildman–Crippen LogP) is 2.19. The molecule has 1 spiro atoms. The summed E-state index contributed by atoms with van der Waals surface area (Å²) in [6.07, 6.45) is 1.59. The van der Waals surface area contributed by atoms with Gasteiger partial charge in [0.25, 0.3) is 0 Å². The molecule has 2 aliphatic carbocycles. The van der Waals surface area contributed by atoms with Gasteiger partial charge in [-0.25, -0.2) is 13.1 Å². The number of hydrogen-bond acceptors (Lipinski definition) is 7. The van der Waals surface area contributed by atoms with Crippen molar-refractivity contribution in [3.63, 3.8) is 0 Å². The number of nitrogens with zero attached hydrogens (tertiary/aromatic N) is 1. The Bertz CT molecular complexity index is 1360. The minimum Gasteiger partial charge on any atom is -0.483 e. The average molecular weight is 513 g/mol. The zero-order chi connectivity index (χ0) is 25.5. The monoisotopic (exact) mass is 512 g/mol. The molecule has 9 heteroatoms. The number of likely N-dealkylation sites (tertiary alicyclic amines) is 1. The second-order valence-electron chi connectivity index (χ2n) is 10.9. The summed E-state index contributed by atoms with van der Waals surface area (Å²) in [6, 6.07) is 10.6. The van der Waals surface area contributed by atoms with Crippen LogP contribution in [0.3, 0.4) is 0 Å². The van der Waals surface area contributed by atoms with Crippen molar-refractivity contribution < 1.29 is 27.8 Å². The zero-order valence-electron chi connectivity index (χ0n) is 20.8. The topological polar surface area (TPSA) is 105 Å². The van der Waals surface area contributed by atoms with Gasteiger partial charge in [-0.2, -0.15) is 0 Å². The predicted molar refractivity (Wildman–Crippen MR) is 133 cm³/mol. The van der Waals surface area contributed by atoms with Gasteiger partial charge in [0.1, 0.15) is 6.10 Å². The first-order chi connectivity index (χ1) is 17.1. The van der Waals surface area contributed by atoms with E-state index < -0.39 is 39.2 Å². The highest BCUT2D eigenvalue weighted by atomic mass is 32.2. The molecule has 1 saturated carbocycles. The molecule has 192 valence electrons. The molecule has 5 atom stereocenters. The third-order valence-electron chi connectivity index (χ3n) is 8.91. The van der Waals surface area contributed by atoms with E-state index in [1.165, 1.54) is 6.92 Å². The Labute approximate surface area is 211 Å². The first kappa shape index (κ1) is 23.9. The van der Waals surface area contributed by atoms with Crippen LogP contribution in [0.25, 0.3) is 0 Å². The molecule has 8 nitrogen and oxygen atoms in total. The minimum atomic E-state index is -3.69. The Morgan fingerprint density at radius 3 is 2.78 bits per heavy atom. The third-order valence-corrected chi connectivity index (χ3v) is 10.3. The van der Waals surface area contributed by atoms with Crippen LogP contribution in [0.15, 0.2) is 36.4 Å². The lowest BCUT2D eigenvalue weighted by molar-refractivity contribution is -0.185. The van der Waals surface area contributed by atoms with Crippen molar-refractivity contribution in [1.29, 1.82) is 0 Å². The maximum atomic E-state index is 13.4. The van der Waals surface area contributed by atoms with E-state index in [4.69, 9.17) is 9.47 Å². The molecule has 2 heterocycles. The van der Waals surface area contributed by atoms with Crippen LogP contribution in [0, 0.1) is 6.92 Å². The van der Waals surface area contributed by atoms with E-state index in [-0.39, 0.29) is 11.8 Å². The highest BCUT2D eigenvalue weighted by Crippen LogP contribution is 2.65. The number of nitrogens with one attached hydrogen (secondary N) is 1. The first-order valence-corrected chi connectivity index (χ1v) is 14.2. The minimum absolute atomic E-state index is 0.0973. The average Bonchev–Trinajstić information content (AvgIpc) is 3.16. The number of likely N-dealkylation sites (N-methyl/N-ethyl adjacent to an activating group) is 1. The van der Waals surface area contributed by atoms with E-state index in [1.807, 2.05) is 44.3 Å². The summed E-state index contributed by atoms with van der Waals surface area (Å²) in [5.74, 6) is 0.220. The number of rotatable bonds is 5. The second-order valence-corrected chi connectivity index (χ2v) is 12.6. The van der Waals surface area contributed by atoms with Crippen LogP contribution in [0.2, 0.25) is 0 Å². The van der Waals surface area contributed by atoms with Crippen LogP contribution in [-0.4, -0.2) is 61.8 Å². The molecular formula is C27H32N2O6S. The van der Waals surface area contributed by atoms with Crippen LogP contribution in [0.5, 0.6) is 11.5 Å². The van der Waals surface area contributed by atoms with Crippen LogP contribution in [-0.2, 0) is 32.4 Å². The Hall–Kier alpha value is -2.46. The molecule has 0 radical (unpaired) electrons. The molecule has 4 aliphatic rings. The van der Waals surface area contributed by atoms with E-state index in [2.05, 4.69) is 9.62 Å². The van der Waals surface area contributed by atoms with Gasteiger partial charge in [0.15, 0.2) is 11.5 Å². The fraction of sp³-hybridized carbons (Fsp3) is 0.519. The Kier molecular flexibility index (Phi) is 5.32. The molecule has 0 aromatic heterocycles. The summed E-state index contributed by atoms with van der Waals surface area (Å²) in [5, 5.41) is 12.3. The third kappa shape index (κ3) is 3.29. The Morgan fingerprint density at radius 1 is 1.25 bits per heavy atom. The number of carbonyl (C=O) groups is 1. The molecule has 2 aromatic carbocycles. The zero-order valence-corrected chi connectivity index (χ0v) is 21.6. The highest BCUT2D eigenvalue weighted by molar-refractivity contribution is 7.88. The number of ether oxygens (including phenoxy) is 2. The number of benzene rings is 2. The van der Waals surface area contributed by atoms with Gasteiger partial charge < -0.3 is 19.5 Å². The van der Waals surface area contributed by atoms with E-state index >= 15 is 0 Å². The van der Waals surface area contributed by atoms with Gasteiger partial charge in [-0.1, -0.05) is 30.3 Å². The molecule has 0 amide bonds. The Balaban J connectivity index is 1.42. The molecule has 36 heavy (non-hydrogen) atoms. The van der Waals surface area contributed by atoms with Gasteiger partial charge >= 0.3 is 5.97 Å². The van der Waals surface area contributed by atoms with Crippen molar-refractivity contribution in [2.75, 3.05) is 13.6 Å². The van der Waals surface area contributed by atoms with Gasteiger partial charge in [-0.05, 0) is 69.0 Å². The van der Waals surface area contributed by atoms with Crippen LogP contribution >= 0.6 is 0 Å². The summed E-state index contributed by atoms with van der Waals surface area (Å²) in [6.45, 7) is 4.00. The first-order valence-electron chi connectivity index (χ1n) is 12.5. The number of esters is 1. The van der Waals surface area contributed by atoms with Crippen LogP contribution in [0.1, 0.15) is 48.4 Å². The number of piperidine rings is 1. The number of aryl methyl sites for hydroxylation is 1. The lowest BCUT2D eigenvalue weighted by Gasteiger charge is -2.63. The van der Waals surface area contributed by atoms with Gasteiger partial charge in [-0.3, -0.25) is 4.79 Å². The van der Waals surface area contributed by atoms with E-state index in [0.717, 1.165) is 28.8 Å². The van der Waals surface area contributed by atoms with E-state index in [1.54, 1.807) is 6.07 Å². The lowest BCUT2D eigenvalue weighted by Crippen LogP contribution is -2.77. The smallest absolute Gasteiger partial charge is 0.308 e. The van der Waals surface area contributed by atoms with Crippen molar-refractivity contribution in [1.82, 2.24) is 9.62 Å². The maximum absolute atomic E-state index is 13.4. The molecule has 2 bridgehead atoms. The molecule has 2 fully saturated rings. The standard InChI is InChI=1S/C27H32N2O6S/c1-16-6-4-5-7-19(16)15-36(32,33)28-20-10-11-27(31)22-14-18-8-9-21(34-17(2)30)24-23(18)26(27,25(20)35-24)12-13-29(22)3/h4-9,20,22,25,28,31H,10-15H2,1-3H3/t20-,22+,25-,26-,27+/m0/s1. The molecule has 2 aliphatic heterocycles. The van der Waals surface area contributed by atoms with E-state index in [9.17, 15) is 18.3 Å². The molecule has 2 aromatic rings. The SMILES string of the molecule is CC(=O)Oc1ccc2c3c1O[C@H]1[C@@H](NS(=O)(=O)Cc4ccccc4C)CC[C@@]4(O)[C@@H](C2)N(C)CC[C@]314. The Morgan fingerprint density at radius 2 is 2.03 bits per heavy atom. The summed E-state index contributed by atoms with van der Waals surface area (Å²) < 4.78 is 41.7. The van der Waals surface area contributed by atoms with Gasteiger partial charge in [0.05, 0.1) is 22.8 Å². The van der Waals surface area contributed by atoms with Crippen molar-refractivity contribution in [2.45, 2.75) is 74.5 Å². The number of sulfonamides is 1. The van der Waals surface area contributed by atoms with Crippen molar-refractivity contribution in [3.8, 4) is 11.5 Å². The van der Waals surface area contributed by atoms with Crippen molar-refractivity contribution in [2.24, 2.45) is 0 Å². The maximum Gasteiger partial charge on any atom is 0.308 e. The van der Waals surface area contributed by atoms with Gasteiger partial charge in [0.2, 0.25) is 10.0 Å². The highest BCUT2D eigenvalue weighted by Gasteiger charge is 2.72. The number of aliphatic hydroxyl groups is 1. The fourth-order valence-corrected chi connectivity index (χ4v) is 8.87. The number of hydrogen-bond donors (Lipinski definition) is 2. The summed E-state index contributed by atoms with van der Waals surface area (Å²) in [5.41, 5.74) is 1.77. The van der Waals surface area contributed by atoms with Crippen molar-refractivity contribution in [3.05, 3.63) is 58.7 Å². The summed E-state index contributed by atoms with van der Waals surface area (Å²) in [4.78, 5) is 14.1.